The van der Waals surface area contributed by atoms with Gasteiger partial charge in [-0.05, 0) is 37.1 Å². The summed E-state index contributed by atoms with van der Waals surface area (Å²) in [7, 11) is 1.58. The number of benzene rings is 1. The maximum absolute atomic E-state index is 11.5. The Morgan fingerprint density at radius 2 is 1.93 bits per heavy atom. The monoisotopic (exact) mass is 415 g/mol. The minimum atomic E-state index is -0.258. The van der Waals surface area contributed by atoms with E-state index in [4.69, 9.17) is 10.1 Å². The number of urea groups is 1. The standard InChI is InChI=1S/C21H29N5O2S/c1-22-21(28)25-16-9-7-15(8-10-16)20-24-17(13-19(26-20)23-11-12-27)14-29-18-5-3-2-4-6-18/h7-10,13,18,27H,2-6,11-12,14H2,1H3,(H2,22,25,28)(H,23,24,26). The van der Waals surface area contributed by atoms with Crippen LogP contribution in [0.2, 0.25) is 0 Å². The summed E-state index contributed by atoms with van der Waals surface area (Å²) in [6.07, 6.45) is 6.59. The average molecular weight is 416 g/mol. The Bertz CT molecular complexity index is 794. The van der Waals surface area contributed by atoms with Crippen LogP contribution in [0.1, 0.15) is 37.8 Å². The van der Waals surface area contributed by atoms with Crippen molar-refractivity contribution in [3.8, 4) is 11.4 Å². The molecule has 0 aliphatic heterocycles. The number of carbonyl (C=O) groups excluding carboxylic acids is 1. The van der Waals surface area contributed by atoms with Crippen LogP contribution in [0.5, 0.6) is 0 Å². The third-order valence-corrected chi connectivity index (χ3v) is 6.25. The van der Waals surface area contributed by atoms with Crippen molar-refractivity contribution in [2.24, 2.45) is 0 Å². The van der Waals surface area contributed by atoms with E-state index in [9.17, 15) is 4.79 Å². The zero-order valence-electron chi connectivity index (χ0n) is 16.8. The molecule has 1 heterocycles. The van der Waals surface area contributed by atoms with Gasteiger partial charge in [0.1, 0.15) is 5.82 Å². The maximum atomic E-state index is 11.5. The number of aliphatic hydroxyl groups is 1. The minimum absolute atomic E-state index is 0.0470. The van der Waals surface area contributed by atoms with Crippen molar-refractivity contribution in [2.75, 3.05) is 30.8 Å². The normalized spacial score (nSPS) is 14.4. The van der Waals surface area contributed by atoms with Gasteiger partial charge in [-0.1, -0.05) is 19.3 Å². The van der Waals surface area contributed by atoms with Crippen LogP contribution in [-0.4, -0.2) is 46.6 Å². The van der Waals surface area contributed by atoms with Crippen LogP contribution in [0.25, 0.3) is 11.4 Å². The highest BCUT2D eigenvalue weighted by atomic mass is 32.2. The molecule has 7 nitrogen and oxygen atoms in total. The summed E-state index contributed by atoms with van der Waals surface area (Å²) in [5.41, 5.74) is 2.57. The molecule has 2 aromatic rings. The molecule has 1 aliphatic rings. The van der Waals surface area contributed by atoms with Crippen LogP contribution < -0.4 is 16.0 Å². The van der Waals surface area contributed by atoms with E-state index in [-0.39, 0.29) is 12.6 Å². The largest absolute Gasteiger partial charge is 0.395 e. The van der Waals surface area contributed by atoms with E-state index in [2.05, 4.69) is 20.9 Å². The number of carbonyl (C=O) groups is 1. The van der Waals surface area contributed by atoms with E-state index in [1.165, 1.54) is 32.1 Å². The van der Waals surface area contributed by atoms with Crippen molar-refractivity contribution in [1.29, 1.82) is 0 Å². The van der Waals surface area contributed by atoms with Gasteiger partial charge in [-0.3, -0.25) is 0 Å². The predicted molar refractivity (Wildman–Crippen MR) is 119 cm³/mol. The van der Waals surface area contributed by atoms with Gasteiger partial charge in [0.2, 0.25) is 0 Å². The molecule has 1 fully saturated rings. The third kappa shape index (κ3) is 6.61. The Hall–Kier alpha value is -2.32. The SMILES string of the molecule is CNC(=O)Nc1ccc(-c2nc(CSC3CCCCC3)cc(NCCO)n2)cc1. The van der Waals surface area contributed by atoms with Gasteiger partial charge in [0, 0.05) is 41.9 Å². The highest BCUT2D eigenvalue weighted by Crippen LogP contribution is 2.31. The summed E-state index contributed by atoms with van der Waals surface area (Å²) in [6, 6.07) is 9.17. The van der Waals surface area contributed by atoms with E-state index >= 15 is 0 Å². The van der Waals surface area contributed by atoms with Crippen molar-refractivity contribution >= 4 is 29.3 Å². The van der Waals surface area contributed by atoms with E-state index in [1.54, 1.807) is 7.05 Å². The highest BCUT2D eigenvalue weighted by Gasteiger charge is 2.15. The van der Waals surface area contributed by atoms with Gasteiger partial charge < -0.3 is 21.1 Å². The molecule has 0 radical (unpaired) electrons. The molecule has 1 saturated carbocycles. The Kier molecular flexibility index (Phi) is 8.13. The first-order valence-corrected chi connectivity index (χ1v) is 11.2. The van der Waals surface area contributed by atoms with Crippen LogP contribution in [-0.2, 0) is 5.75 Å². The summed E-state index contributed by atoms with van der Waals surface area (Å²) in [6.45, 7) is 0.492. The molecule has 1 aliphatic carbocycles. The Balaban J connectivity index is 1.75. The fraction of sp³-hybridized carbons (Fsp3) is 0.476. The summed E-state index contributed by atoms with van der Waals surface area (Å²) < 4.78 is 0. The van der Waals surface area contributed by atoms with Gasteiger partial charge in [-0.2, -0.15) is 11.8 Å². The summed E-state index contributed by atoms with van der Waals surface area (Å²) in [5.74, 6) is 2.21. The van der Waals surface area contributed by atoms with Crippen molar-refractivity contribution in [1.82, 2.24) is 15.3 Å². The number of hydrogen-bond acceptors (Lipinski definition) is 6. The maximum Gasteiger partial charge on any atom is 0.318 e. The molecule has 0 atom stereocenters. The van der Waals surface area contributed by atoms with Gasteiger partial charge in [-0.15, -0.1) is 0 Å². The topological polar surface area (TPSA) is 99.2 Å². The molecule has 0 spiro atoms. The second-order valence-corrected chi connectivity index (χ2v) is 8.36. The molecule has 29 heavy (non-hydrogen) atoms. The van der Waals surface area contributed by atoms with E-state index in [1.807, 2.05) is 42.1 Å². The molecule has 3 rings (SSSR count). The molecule has 0 bridgehead atoms. The number of aliphatic hydroxyl groups excluding tert-OH is 1. The zero-order chi connectivity index (χ0) is 20.5. The fourth-order valence-electron chi connectivity index (χ4n) is 3.31. The van der Waals surface area contributed by atoms with Gasteiger partial charge in [0.25, 0.3) is 0 Å². The van der Waals surface area contributed by atoms with Gasteiger partial charge >= 0.3 is 6.03 Å². The molecule has 2 amide bonds. The molecule has 8 heteroatoms. The van der Waals surface area contributed by atoms with Crippen molar-refractivity contribution in [3.05, 3.63) is 36.0 Å². The molecule has 1 aromatic carbocycles. The summed E-state index contributed by atoms with van der Waals surface area (Å²) in [5, 5.41) is 18.3. The summed E-state index contributed by atoms with van der Waals surface area (Å²) >= 11 is 1.98. The number of aromatic nitrogens is 2. The number of thioether (sulfide) groups is 1. The van der Waals surface area contributed by atoms with Gasteiger partial charge in [-0.25, -0.2) is 14.8 Å². The van der Waals surface area contributed by atoms with Crippen LogP contribution in [0.4, 0.5) is 16.3 Å². The first-order valence-electron chi connectivity index (χ1n) is 10.1. The first-order chi connectivity index (χ1) is 14.2. The highest BCUT2D eigenvalue weighted by molar-refractivity contribution is 7.99. The number of hydrogen-bond donors (Lipinski definition) is 4. The van der Waals surface area contributed by atoms with Crippen molar-refractivity contribution in [2.45, 2.75) is 43.1 Å². The van der Waals surface area contributed by atoms with Gasteiger partial charge in [0.15, 0.2) is 5.82 Å². The molecular weight excluding hydrogens is 386 g/mol. The van der Waals surface area contributed by atoms with Gasteiger partial charge in [0.05, 0.1) is 12.3 Å². The average Bonchev–Trinajstić information content (AvgIpc) is 2.77. The number of nitrogens with zero attached hydrogens (tertiary/aromatic N) is 2. The number of rotatable bonds is 8. The number of anilines is 2. The van der Waals surface area contributed by atoms with Crippen LogP contribution >= 0.6 is 11.8 Å². The van der Waals surface area contributed by atoms with Crippen LogP contribution in [0.15, 0.2) is 30.3 Å². The number of nitrogens with one attached hydrogen (secondary N) is 3. The third-order valence-electron chi connectivity index (χ3n) is 4.84. The Morgan fingerprint density at radius 1 is 1.17 bits per heavy atom. The lowest BCUT2D eigenvalue weighted by atomic mass is 10.0. The molecule has 1 aromatic heterocycles. The summed E-state index contributed by atoms with van der Waals surface area (Å²) in [4.78, 5) is 20.8. The molecular formula is C21H29N5O2S. The quantitative estimate of drug-likeness (QED) is 0.522. The second kappa shape index (κ2) is 11.0. The Labute approximate surface area is 176 Å². The second-order valence-electron chi connectivity index (χ2n) is 7.07. The van der Waals surface area contributed by atoms with Crippen molar-refractivity contribution in [3.63, 3.8) is 0 Å². The Morgan fingerprint density at radius 3 is 2.62 bits per heavy atom. The first kappa shape index (κ1) is 21.4. The predicted octanol–water partition coefficient (Wildman–Crippen LogP) is 3.87. The molecule has 0 unspecified atom stereocenters. The van der Waals surface area contributed by atoms with E-state index in [0.717, 1.165) is 22.8 Å². The van der Waals surface area contributed by atoms with Crippen molar-refractivity contribution < 1.29 is 9.90 Å². The van der Waals surface area contributed by atoms with E-state index < -0.39 is 0 Å². The lowest BCUT2D eigenvalue weighted by Crippen LogP contribution is -2.24. The minimum Gasteiger partial charge on any atom is -0.395 e. The number of amides is 2. The van der Waals surface area contributed by atoms with E-state index in [0.29, 0.717) is 23.3 Å². The zero-order valence-corrected chi connectivity index (χ0v) is 17.6. The van der Waals surface area contributed by atoms with Crippen LogP contribution in [0, 0.1) is 0 Å². The lowest BCUT2D eigenvalue weighted by Gasteiger charge is -2.21. The molecule has 0 saturated heterocycles. The smallest absolute Gasteiger partial charge is 0.318 e. The fourth-order valence-corrected chi connectivity index (χ4v) is 4.53. The van der Waals surface area contributed by atoms with Crippen LogP contribution in [0.3, 0.4) is 0 Å². The molecule has 4 N–H and O–H groups in total. The lowest BCUT2D eigenvalue weighted by molar-refractivity contribution is 0.254. The molecule has 156 valence electrons.